The summed E-state index contributed by atoms with van der Waals surface area (Å²) < 4.78 is 5.23. The number of nitrogens with zero attached hydrogens (tertiary/aromatic N) is 3. The number of anilines is 1. The average molecular weight is 345 g/mol. The van der Waals surface area contributed by atoms with Gasteiger partial charge in [0.05, 0.1) is 42.5 Å². The highest BCUT2D eigenvalue weighted by Gasteiger charge is 2.17. The van der Waals surface area contributed by atoms with Gasteiger partial charge in [-0.05, 0) is 24.3 Å². The maximum atomic E-state index is 12.6. The van der Waals surface area contributed by atoms with Crippen molar-refractivity contribution in [2.45, 2.75) is 13.0 Å². The fourth-order valence-corrected chi connectivity index (χ4v) is 2.39. The number of nitriles is 1. The van der Waals surface area contributed by atoms with E-state index in [0.29, 0.717) is 29.5 Å². The van der Waals surface area contributed by atoms with Crippen molar-refractivity contribution in [2.24, 2.45) is 0 Å². The summed E-state index contributed by atoms with van der Waals surface area (Å²) in [5.41, 5.74) is 1.21. The lowest BCUT2D eigenvalue weighted by Crippen LogP contribution is -2.35. The number of urea groups is 1. The molecule has 2 rings (SSSR count). The summed E-state index contributed by atoms with van der Waals surface area (Å²) in [7, 11) is 1.48. The number of carbonyl (C=O) groups is 1. The molecule has 0 aliphatic heterocycles. The van der Waals surface area contributed by atoms with E-state index in [1.54, 1.807) is 30.5 Å². The van der Waals surface area contributed by atoms with Crippen LogP contribution in [-0.2, 0) is 6.54 Å². The maximum Gasteiger partial charge on any atom is 0.322 e. The molecule has 24 heavy (non-hydrogen) atoms. The lowest BCUT2D eigenvalue weighted by atomic mass is 10.3. The van der Waals surface area contributed by atoms with E-state index >= 15 is 0 Å². The summed E-state index contributed by atoms with van der Waals surface area (Å²) in [5.74, 6) is 0.394. The molecule has 1 aromatic carbocycles. The Balaban J connectivity index is 2.16. The first-order valence-electron chi connectivity index (χ1n) is 7.31. The van der Waals surface area contributed by atoms with Gasteiger partial charge in [-0.25, -0.2) is 4.79 Å². The number of halogens is 1. The Morgan fingerprint density at radius 1 is 1.38 bits per heavy atom. The van der Waals surface area contributed by atoms with Gasteiger partial charge in [0.1, 0.15) is 0 Å². The number of rotatable bonds is 6. The topological polar surface area (TPSA) is 78.2 Å². The predicted octanol–water partition coefficient (Wildman–Crippen LogP) is 3.69. The van der Waals surface area contributed by atoms with Crippen LogP contribution in [0.25, 0.3) is 0 Å². The minimum atomic E-state index is -0.350. The SMILES string of the molecule is COc1c(Cl)cccc1NC(=O)N(CCC#N)Cc1ccccn1. The molecule has 0 unspecified atom stereocenters. The van der Waals surface area contributed by atoms with Crippen molar-refractivity contribution >= 4 is 23.3 Å². The molecule has 0 saturated heterocycles. The molecule has 7 heteroatoms. The minimum absolute atomic E-state index is 0.229. The van der Waals surface area contributed by atoms with Gasteiger partial charge in [0, 0.05) is 12.7 Å². The normalized spacial score (nSPS) is 9.88. The molecule has 0 aliphatic carbocycles. The highest BCUT2D eigenvalue weighted by molar-refractivity contribution is 6.32. The van der Waals surface area contributed by atoms with Gasteiger partial charge >= 0.3 is 6.03 Å². The molecular formula is C17H17ClN4O2. The number of nitrogens with one attached hydrogen (secondary N) is 1. The van der Waals surface area contributed by atoms with E-state index in [2.05, 4.69) is 10.3 Å². The second-order valence-electron chi connectivity index (χ2n) is 4.90. The minimum Gasteiger partial charge on any atom is -0.493 e. The maximum absolute atomic E-state index is 12.6. The van der Waals surface area contributed by atoms with Crippen LogP contribution in [0, 0.1) is 11.3 Å². The number of aromatic nitrogens is 1. The van der Waals surface area contributed by atoms with Crippen LogP contribution in [0.3, 0.4) is 0 Å². The summed E-state index contributed by atoms with van der Waals surface area (Å²) in [5, 5.41) is 12.0. The lowest BCUT2D eigenvalue weighted by Gasteiger charge is -2.22. The van der Waals surface area contributed by atoms with E-state index in [9.17, 15) is 4.79 Å². The molecule has 6 nitrogen and oxygen atoms in total. The Hall–Kier alpha value is -2.78. The summed E-state index contributed by atoms with van der Waals surface area (Å²) in [6, 6.07) is 12.3. The van der Waals surface area contributed by atoms with Crippen molar-refractivity contribution in [3.05, 3.63) is 53.3 Å². The third kappa shape index (κ3) is 4.61. The Morgan fingerprint density at radius 2 is 2.21 bits per heavy atom. The van der Waals surface area contributed by atoms with Gasteiger partial charge in [-0.15, -0.1) is 0 Å². The van der Waals surface area contributed by atoms with E-state index < -0.39 is 0 Å². The van der Waals surface area contributed by atoms with Crippen molar-refractivity contribution in [1.82, 2.24) is 9.88 Å². The van der Waals surface area contributed by atoms with Crippen molar-refractivity contribution in [3.8, 4) is 11.8 Å². The molecule has 0 aliphatic rings. The summed E-state index contributed by atoms with van der Waals surface area (Å²) in [6.45, 7) is 0.596. The van der Waals surface area contributed by atoms with E-state index in [1.165, 1.54) is 12.0 Å². The third-order valence-electron chi connectivity index (χ3n) is 3.27. The number of ether oxygens (including phenoxy) is 1. The van der Waals surface area contributed by atoms with Crippen LogP contribution < -0.4 is 10.1 Å². The third-order valence-corrected chi connectivity index (χ3v) is 3.57. The lowest BCUT2D eigenvalue weighted by molar-refractivity contribution is 0.209. The van der Waals surface area contributed by atoms with Crippen LogP contribution in [0.4, 0.5) is 10.5 Å². The van der Waals surface area contributed by atoms with Gasteiger partial charge in [-0.3, -0.25) is 4.98 Å². The van der Waals surface area contributed by atoms with Gasteiger partial charge in [0.15, 0.2) is 5.75 Å². The van der Waals surface area contributed by atoms with Gasteiger partial charge < -0.3 is 15.0 Å². The quantitative estimate of drug-likeness (QED) is 0.866. The molecule has 2 amide bonds. The van der Waals surface area contributed by atoms with E-state index in [4.69, 9.17) is 21.6 Å². The molecule has 0 radical (unpaired) electrons. The van der Waals surface area contributed by atoms with Gasteiger partial charge in [0.25, 0.3) is 0 Å². The second-order valence-corrected chi connectivity index (χ2v) is 5.31. The van der Waals surface area contributed by atoms with E-state index in [1.807, 2.05) is 18.2 Å². The molecule has 0 fully saturated rings. The largest absolute Gasteiger partial charge is 0.493 e. The summed E-state index contributed by atoms with van der Waals surface area (Å²) >= 11 is 6.06. The monoisotopic (exact) mass is 344 g/mol. The van der Waals surface area contributed by atoms with Crippen molar-refractivity contribution in [2.75, 3.05) is 19.0 Å². The molecule has 0 saturated carbocycles. The van der Waals surface area contributed by atoms with Crippen molar-refractivity contribution in [1.29, 1.82) is 5.26 Å². The Kier molecular flexibility index (Phi) is 6.41. The van der Waals surface area contributed by atoms with Crippen LogP contribution in [0.5, 0.6) is 5.75 Å². The van der Waals surface area contributed by atoms with Crippen LogP contribution in [0.1, 0.15) is 12.1 Å². The molecule has 2 aromatic rings. The van der Waals surface area contributed by atoms with Crippen LogP contribution in [0.15, 0.2) is 42.6 Å². The molecule has 0 bridgehead atoms. The summed E-state index contributed by atoms with van der Waals surface area (Å²) in [6.07, 6.45) is 1.89. The molecule has 1 N–H and O–H groups in total. The van der Waals surface area contributed by atoms with Crippen LogP contribution in [-0.4, -0.2) is 29.6 Å². The van der Waals surface area contributed by atoms with Crippen LogP contribution >= 0.6 is 11.6 Å². The molecule has 1 heterocycles. The van der Waals surface area contributed by atoms with Crippen LogP contribution in [0.2, 0.25) is 5.02 Å². The first-order chi connectivity index (χ1) is 11.7. The van der Waals surface area contributed by atoms with Gasteiger partial charge in [-0.2, -0.15) is 5.26 Å². The number of carbonyl (C=O) groups excluding carboxylic acids is 1. The number of benzene rings is 1. The standard InChI is InChI=1S/C17H17ClN4O2/c1-24-16-14(18)7-4-8-15(16)21-17(23)22(11-5-9-19)12-13-6-2-3-10-20-13/h2-4,6-8,10H,5,11-12H2,1H3,(H,21,23). The number of hydrogen-bond donors (Lipinski definition) is 1. The highest BCUT2D eigenvalue weighted by atomic mass is 35.5. The number of methoxy groups -OCH3 is 1. The van der Waals surface area contributed by atoms with Crippen molar-refractivity contribution < 1.29 is 9.53 Å². The number of para-hydroxylation sites is 1. The fraction of sp³-hybridized carbons (Fsp3) is 0.235. The smallest absolute Gasteiger partial charge is 0.322 e. The van der Waals surface area contributed by atoms with E-state index in [-0.39, 0.29) is 12.5 Å². The zero-order chi connectivity index (χ0) is 17.4. The first kappa shape index (κ1) is 17.6. The van der Waals surface area contributed by atoms with Gasteiger partial charge in [-0.1, -0.05) is 23.7 Å². The molecule has 124 valence electrons. The first-order valence-corrected chi connectivity index (χ1v) is 7.68. The molecular weight excluding hydrogens is 328 g/mol. The summed E-state index contributed by atoms with van der Waals surface area (Å²) in [4.78, 5) is 18.3. The average Bonchev–Trinajstić information content (AvgIpc) is 2.59. The number of pyridine rings is 1. The fourth-order valence-electron chi connectivity index (χ4n) is 2.13. The number of amides is 2. The van der Waals surface area contributed by atoms with Crippen molar-refractivity contribution in [3.63, 3.8) is 0 Å². The second kappa shape index (κ2) is 8.75. The Labute approximate surface area is 145 Å². The Bertz CT molecular complexity index is 731. The molecule has 0 atom stereocenters. The Morgan fingerprint density at radius 3 is 2.88 bits per heavy atom. The van der Waals surface area contributed by atoms with Gasteiger partial charge in [0.2, 0.25) is 0 Å². The van der Waals surface area contributed by atoms with E-state index in [0.717, 1.165) is 5.69 Å². The zero-order valence-corrected chi connectivity index (χ0v) is 14.0. The highest BCUT2D eigenvalue weighted by Crippen LogP contribution is 2.32. The molecule has 0 spiro atoms. The zero-order valence-electron chi connectivity index (χ0n) is 13.2. The predicted molar refractivity (Wildman–Crippen MR) is 91.9 cm³/mol. The number of hydrogen-bond acceptors (Lipinski definition) is 4. The molecule has 1 aromatic heterocycles.